The minimum Gasteiger partial charge on any atom is -0.346 e. The summed E-state index contributed by atoms with van der Waals surface area (Å²) in [6.45, 7) is 1.98. The van der Waals surface area contributed by atoms with Crippen LogP contribution in [-0.4, -0.2) is 22.6 Å². The molecule has 0 saturated heterocycles. The largest absolute Gasteiger partial charge is 0.346 e. The average Bonchev–Trinajstić information content (AvgIpc) is 2.77. The number of carbonyl (C=O) groups is 1. The van der Waals surface area contributed by atoms with E-state index in [9.17, 15) is 4.79 Å². The third-order valence-electron chi connectivity index (χ3n) is 3.49. The van der Waals surface area contributed by atoms with E-state index in [-0.39, 0.29) is 18.0 Å². The molecule has 1 amide bonds. The highest BCUT2D eigenvalue weighted by Crippen LogP contribution is 2.17. The standard InChI is InChI=1S/C12H19N3O/c1-8-6-7-11(15(8)2)12(16)14-10-5-3-4-9(10)13/h6-7,9-10H,3-5,13H2,1-2H3,(H,14,16). The van der Waals surface area contributed by atoms with Gasteiger partial charge in [0.05, 0.1) is 0 Å². The number of carbonyl (C=O) groups excluding carboxylic acids is 1. The second-order valence-electron chi connectivity index (χ2n) is 4.59. The summed E-state index contributed by atoms with van der Waals surface area (Å²) in [7, 11) is 1.90. The number of amides is 1. The highest BCUT2D eigenvalue weighted by molar-refractivity contribution is 5.93. The van der Waals surface area contributed by atoms with Crippen LogP contribution in [0, 0.1) is 6.92 Å². The van der Waals surface area contributed by atoms with Crippen LogP contribution in [0.25, 0.3) is 0 Å². The van der Waals surface area contributed by atoms with Gasteiger partial charge in [0, 0.05) is 24.8 Å². The molecule has 4 nitrogen and oxygen atoms in total. The topological polar surface area (TPSA) is 60.1 Å². The second kappa shape index (κ2) is 4.29. The Balaban J connectivity index is 2.06. The first-order chi connectivity index (χ1) is 7.59. The maximum Gasteiger partial charge on any atom is 0.268 e. The zero-order valence-electron chi connectivity index (χ0n) is 9.86. The Hall–Kier alpha value is -1.29. The summed E-state index contributed by atoms with van der Waals surface area (Å²) in [6, 6.07) is 4.06. The lowest BCUT2D eigenvalue weighted by atomic mass is 10.2. The summed E-state index contributed by atoms with van der Waals surface area (Å²) in [5, 5.41) is 3.01. The molecule has 0 spiro atoms. The smallest absolute Gasteiger partial charge is 0.268 e. The van der Waals surface area contributed by atoms with Crippen molar-refractivity contribution in [3.8, 4) is 0 Å². The molecule has 3 N–H and O–H groups in total. The monoisotopic (exact) mass is 221 g/mol. The molecule has 1 aromatic rings. The maximum absolute atomic E-state index is 12.0. The zero-order chi connectivity index (χ0) is 11.7. The van der Waals surface area contributed by atoms with Crippen LogP contribution in [-0.2, 0) is 7.05 Å². The third-order valence-corrected chi connectivity index (χ3v) is 3.49. The Morgan fingerprint density at radius 1 is 1.50 bits per heavy atom. The van der Waals surface area contributed by atoms with E-state index >= 15 is 0 Å². The average molecular weight is 221 g/mol. The molecule has 2 unspecified atom stereocenters. The van der Waals surface area contributed by atoms with Gasteiger partial charge in [-0.3, -0.25) is 4.79 Å². The van der Waals surface area contributed by atoms with Crippen LogP contribution in [0.2, 0.25) is 0 Å². The summed E-state index contributed by atoms with van der Waals surface area (Å²) in [6.07, 6.45) is 3.12. The third kappa shape index (κ3) is 1.97. The highest BCUT2D eigenvalue weighted by atomic mass is 16.2. The molecule has 16 heavy (non-hydrogen) atoms. The van der Waals surface area contributed by atoms with Crippen molar-refractivity contribution in [3.63, 3.8) is 0 Å². The van der Waals surface area contributed by atoms with Crippen molar-refractivity contribution < 1.29 is 4.79 Å². The molecule has 4 heteroatoms. The molecular formula is C12H19N3O. The summed E-state index contributed by atoms with van der Waals surface area (Å²) in [5.74, 6) is -0.0158. The van der Waals surface area contributed by atoms with E-state index in [0.29, 0.717) is 5.69 Å². The van der Waals surface area contributed by atoms with Crippen molar-refractivity contribution >= 4 is 5.91 Å². The highest BCUT2D eigenvalue weighted by Gasteiger charge is 2.26. The SMILES string of the molecule is Cc1ccc(C(=O)NC2CCCC2N)n1C. The van der Waals surface area contributed by atoms with E-state index in [0.717, 1.165) is 25.0 Å². The van der Waals surface area contributed by atoms with Gasteiger partial charge in [-0.2, -0.15) is 0 Å². The molecule has 1 heterocycles. The number of aromatic nitrogens is 1. The van der Waals surface area contributed by atoms with Crippen LogP contribution >= 0.6 is 0 Å². The number of hydrogen-bond donors (Lipinski definition) is 2. The molecule has 2 rings (SSSR count). The number of nitrogens with one attached hydrogen (secondary N) is 1. The van der Waals surface area contributed by atoms with Gasteiger partial charge in [0.15, 0.2) is 0 Å². The molecule has 0 radical (unpaired) electrons. The predicted molar refractivity (Wildman–Crippen MR) is 63.2 cm³/mol. The fraction of sp³-hybridized carbons (Fsp3) is 0.583. The van der Waals surface area contributed by atoms with E-state index in [1.807, 2.05) is 30.7 Å². The van der Waals surface area contributed by atoms with E-state index in [1.54, 1.807) is 0 Å². The van der Waals surface area contributed by atoms with E-state index in [2.05, 4.69) is 5.32 Å². The van der Waals surface area contributed by atoms with Gasteiger partial charge in [0.1, 0.15) is 5.69 Å². The lowest BCUT2D eigenvalue weighted by Crippen LogP contribution is -2.44. The van der Waals surface area contributed by atoms with E-state index < -0.39 is 0 Å². The Bertz CT molecular complexity index is 397. The molecule has 2 atom stereocenters. The van der Waals surface area contributed by atoms with Gasteiger partial charge in [0.25, 0.3) is 5.91 Å². The summed E-state index contributed by atoms with van der Waals surface area (Å²) in [4.78, 5) is 12.0. The number of aryl methyl sites for hydroxylation is 1. The quantitative estimate of drug-likeness (QED) is 0.781. The van der Waals surface area contributed by atoms with E-state index in [4.69, 9.17) is 5.73 Å². The van der Waals surface area contributed by atoms with Gasteiger partial charge < -0.3 is 15.6 Å². The summed E-state index contributed by atoms with van der Waals surface area (Å²) >= 11 is 0. The van der Waals surface area contributed by atoms with Crippen molar-refractivity contribution in [2.24, 2.45) is 12.8 Å². The number of nitrogens with zero attached hydrogens (tertiary/aromatic N) is 1. The molecule has 1 fully saturated rings. The number of hydrogen-bond acceptors (Lipinski definition) is 2. The Morgan fingerprint density at radius 3 is 2.75 bits per heavy atom. The van der Waals surface area contributed by atoms with Crippen LogP contribution in [0.15, 0.2) is 12.1 Å². The van der Waals surface area contributed by atoms with Gasteiger partial charge in [-0.25, -0.2) is 0 Å². The Labute approximate surface area is 95.8 Å². The van der Waals surface area contributed by atoms with Crippen molar-refractivity contribution in [2.75, 3.05) is 0 Å². The Morgan fingerprint density at radius 2 is 2.25 bits per heavy atom. The normalized spacial score (nSPS) is 24.7. The molecule has 1 aliphatic rings. The minimum atomic E-state index is -0.0158. The Kier molecular flexibility index (Phi) is 3.01. The van der Waals surface area contributed by atoms with Crippen LogP contribution in [0.1, 0.15) is 35.4 Å². The lowest BCUT2D eigenvalue weighted by Gasteiger charge is -2.17. The lowest BCUT2D eigenvalue weighted by molar-refractivity contribution is 0.0926. The summed E-state index contributed by atoms with van der Waals surface area (Å²) < 4.78 is 1.90. The van der Waals surface area contributed by atoms with Crippen LogP contribution in [0.4, 0.5) is 0 Å². The zero-order valence-corrected chi connectivity index (χ0v) is 9.86. The first-order valence-electron chi connectivity index (χ1n) is 5.78. The molecule has 1 aromatic heterocycles. The maximum atomic E-state index is 12.0. The minimum absolute atomic E-state index is 0.0158. The van der Waals surface area contributed by atoms with Gasteiger partial charge in [-0.05, 0) is 38.3 Å². The van der Waals surface area contributed by atoms with Gasteiger partial charge in [0.2, 0.25) is 0 Å². The van der Waals surface area contributed by atoms with Crippen LogP contribution in [0.5, 0.6) is 0 Å². The van der Waals surface area contributed by atoms with Crippen molar-refractivity contribution in [3.05, 3.63) is 23.5 Å². The first kappa shape index (κ1) is 11.2. The molecule has 88 valence electrons. The van der Waals surface area contributed by atoms with E-state index in [1.165, 1.54) is 0 Å². The van der Waals surface area contributed by atoms with Crippen molar-refractivity contribution in [1.82, 2.24) is 9.88 Å². The van der Waals surface area contributed by atoms with Crippen LogP contribution in [0.3, 0.4) is 0 Å². The fourth-order valence-electron chi connectivity index (χ4n) is 2.25. The number of rotatable bonds is 2. The molecule has 1 aliphatic carbocycles. The molecule has 0 bridgehead atoms. The first-order valence-corrected chi connectivity index (χ1v) is 5.78. The molecule has 1 saturated carbocycles. The number of nitrogens with two attached hydrogens (primary N) is 1. The van der Waals surface area contributed by atoms with Crippen LogP contribution < -0.4 is 11.1 Å². The van der Waals surface area contributed by atoms with Crippen molar-refractivity contribution in [1.29, 1.82) is 0 Å². The molecule has 0 aliphatic heterocycles. The predicted octanol–water partition coefficient (Wildman–Crippen LogP) is 0.943. The van der Waals surface area contributed by atoms with Gasteiger partial charge in [-0.1, -0.05) is 0 Å². The second-order valence-corrected chi connectivity index (χ2v) is 4.59. The van der Waals surface area contributed by atoms with Gasteiger partial charge in [-0.15, -0.1) is 0 Å². The molecule has 0 aromatic carbocycles. The molecular weight excluding hydrogens is 202 g/mol. The van der Waals surface area contributed by atoms with Crippen molar-refractivity contribution in [2.45, 2.75) is 38.3 Å². The van der Waals surface area contributed by atoms with Gasteiger partial charge >= 0.3 is 0 Å². The fourth-order valence-corrected chi connectivity index (χ4v) is 2.25. The summed E-state index contributed by atoms with van der Waals surface area (Å²) in [5.41, 5.74) is 7.72.